The van der Waals surface area contributed by atoms with E-state index in [2.05, 4.69) is 20.2 Å². The van der Waals surface area contributed by atoms with Gasteiger partial charge in [-0.2, -0.15) is 32.1 Å². The zero-order valence-corrected chi connectivity index (χ0v) is 29.4. The average molecular weight is 782 g/mol. The Morgan fingerprint density at radius 1 is 1.04 bits per heavy atom. The Balaban J connectivity index is 1.40. The summed E-state index contributed by atoms with van der Waals surface area (Å²) >= 11 is 0. The van der Waals surface area contributed by atoms with Crippen molar-refractivity contribution in [2.24, 2.45) is 22.1 Å². The highest BCUT2D eigenvalue weighted by molar-refractivity contribution is 6.07. The van der Waals surface area contributed by atoms with Crippen LogP contribution in [0.1, 0.15) is 76.0 Å². The second kappa shape index (κ2) is 14.6. The molecule has 0 radical (unpaired) electrons. The first-order chi connectivity index (χ1) is 25.8. The van der Waals surface area contributed by atoms with Gasteiger partial charge in [0.2, 0.25) is 0 Å². The number of rotatable bonds is 12. The minimum atomic E-state index is -4.78. The Morgan fingerprint density at radius 3 is 2.31 bits per heavy atom. The minimum absolute atomic E-state index is 0.0345. The second-order valence-corrected chi connectivity index (χ2v) is 14.5. The normalized spacial score (nSPS) is 18.9. The van der Waals surface area contributed by atoms with Crippen LogP contribution < -0.4 is 11.1 Å². The number of guanidine groups is 1. The van der Waals surface area contributed by atoms with Crippen molar-refractivity contribution < 1.29 is 49.4 Å². The summed E-state index contributed by atoms with van der Waals surface area (Å²) in [5.41, 5.74) is 4.70. The number of amides is 2. The number of hydrogen-bond donors (Lipinski definition) is 2. The van der Waals surface area contributed by atoms with E-state index in [1.165, 1.54) is 6.20 Å². The van der Waals surface area contributed by atoms with Crippen LogP contribution in [0.2, 0.25) is 0 Å². The summed E-state index contributed by atoms with van der Waals surface area (Å²) in [6.07, 6.45) is -5.74. The summed E-state index contributed by atoms with van der Waals surface area (Å²) in [6.45, 7) is 1.78. The Bertz CT molecular complexity index is 2070. The van der Waals surface area contributed by atoms with E-state index in [0.29, 0.717) is 26.1 Å². The molecule has 1 saturated carbocycles. The lowest BCUT2D eigenvalue weighted by Gasteiger charge is -2.35. The molecule has 12 nitrogen and oxygen atoms in total. The molecule has 20 heteroatoms. The number of aliphatic imine (C=N–C) groups is 1. The van der Waals surface area contributed by atoms with Crippen LogP contribution in [0.25, 0.3) is 16.8 Å². The maximum atomic E-state index is 15.2. The number of hydrogen-bond acceptors (Lipinski definition) is 8. The number of alkyl carbamates (subject to hydrolysis) is 1. The van der Waals surface area contributed by atoms with E-state index < -0.39 is 90.0 Å². The number of nitrogens with zero attached hydrogens (tertiary/aromatic N) is 7. The molecule has 0 saturated heterocycles. The number of alkyl halides is 7. The molecular weight excluding hydrogens is 746 g/mol. The van der Waals surface area contributed by atoms with Crippen LogP contribution in [-0.4, -0.2) is 66.2 Å². The highest BCUT2D eigenvalue weighted by atomic mass is 19.4. The molecule has 1 fully saturated rings. The van der Waals surface area contributed by atoms with E-state index in [1.54, 1.807) is 24.3 Å². The lowest BCUT2D eigenvalue weighted by molar-refractivity contribution is -0.159. The maximum absolute atomic E-state index is 15.2. The largest absolute Gasteiger partial charge is 0.447 e. The van der Waals surface area contributed by atoms with Crippen LogP contribution in [0, 0.1) is 17.2 Å². The van der Waals surface area contributed by atoms with Gasteiger partial charge in [0.15, 0.2) is 17.3 Å². The van der Waals surface area contributed by atoms with Crippen molar-refractivity contribution in [3.63, 3.8) is 0 Å². The van der Waals surface area contributed by atoms with Gasteiger partial charge in [-0.1, -0.05) is 51.1 Å². The van der Waals surface area contributed by atoms with Gasteiger partial charge in [-0.05, 0) is 59.4 Å². The Labute approximate surface area is 308 Å². The van der Waals surface area contributed by atoms with Gasteiger partial charge in [0.1, 0.15) is 30.5 Å². The average Bonchev–Trinajstić information content (AvgIpc) is 3.48. The SMILES string of the molecule is CC(C)(C)C[C@]1(c2ccc(-c3cnn(C(F)F)c3)cc2)N=C(N)N([C@H](COC(=O)NC(C2CC2)C(F)(F)F)c2ccc(F)c(-n3ncnc3C(F)F)c2)C1=O. The van der Waals surface area contributed by atoms with Gasteiger partial charge in [-0.3, -0.25) is 9.69 Å². The molecule has 294 valence electrons. The molecule has 1 aliphatic heterocycles. The van der Waals surface area contributed by atoms with Gasteiger partial charge in [-0.25, -0.2) is 37.3 Å². The first-order valence-electron chi connectivity index (χ1n) is 16.9. The Morgan fingerprint density at radius 2 is 1.73 bits per heavy atom. The molecule has 1 aliphatic carbocycles. The number of carbonyl (C=O) groups excluding carboxylic acids is 2. The van der Waals surface area contributed by atoms with Crippen molar-refractivity contribution in [3.8, 4) is 16.8 Å². The number of halogens is 8. The van der Waals surface area contributed by atoms with Gasteiger partial charge in [0, 0.05) is 11.8 Å². The van der Waals surface area contributed by atoms with Crippen LogP contribution >= 0.6 is 0 Å². The van der Waals surface area contributed by atoms with Crippen molar-refractivity contribution in [1.29, 1.82) is 0 Å². The molecule has 4 aromatic rings. The number of nitrogens with two attached hydrogens (primary N) is 1. The van der Waals surface area contributed by atoms with Crippen molar-refractivity contribution in [3.05, 3.63) is 84.0 Å². The summed E-state index contributed by atoms with van der Waals surface area (Å²) in [5, 5.41) is 9.19. The van der Waals surface area contributed by atoms with Crippen molar-refractivity contribution in [2.75, 3.05) is 6.61 Å². The molecule has 0 bridgehead atoms. The molecule has 2 amide bonds. The van der Waals surface area contributed by atoms with E-state index in [-0.39, 0.29) is 24.8 Å². The van der Waals surface area contributed by atoms with Crippen LogP contribution in [0.4, 0.5) is 39.9 Å². The summed E-state index contributed by atoms with van der Waals surface area (Å²) < 4.78 is 117. The zero-order chi connectivity index (χ0) is 40.0. The number of benzene rings is 2. The van der Waals surface area contributed by atoms with Crippen LogP contribution in [0.15, 0.2) is 66.2 Å². The topological polar surface area (TPSA) is 146 Å². The summed E-state index contributed by atoms with van der Waals surface area (Å²) in [4.78, 5) is 36.8. The third-order valence-electron chi connectivity index (χ3n) is 9.16. The summed E-state index contributed by atoms with van der Waals surface area (Å²) in [7, 11) is 0. The molecule has 3 atom stereocenters. The molecule has 3 heterocycles. The van der Waals surface area contributed by atoms with Crippen LogP contribution in [0.5, 0.6) is 0 Å². The summed E-state index contributed by atoms with van der Waals surface area (Å²) in [5.74, 6) is -3.95. The monoisotopic (exact) mass is 781 g/mol. The number of nitrogens with one attached hydrogen (secondary N) is 1. The molecule has 2 aromatic carbocycles. The van der Waals surface area contributed by atoms with E-state index in [1.807, 2.05) is 26.1 Å². The molecule has 6 rings (SSSR count). The number of carbonyl (C=O) groups is 2. The first-order valence-corrected chi connectivity index (χ1v) is 16.9. The molecule has 1 unspecified atom stereocenters. The fraction of sp³-hybridized carbons (Fsp3) is 0.429. The molecule has 0 spiro atoms. The van der Waals surface area contributed by atoms with Gasteiger partial charge >= 0.3 is 18.8 Å². The van der Waals surface area contributed by atoms with Crippen LogP contribution in [0.3, 0.4) is 0 Å². The molecule has 2 aromatic heterocycles. The van der Waals surface area contributed by atoms with Gasteiger partial charge < -0.3 is 15.8 Å². The van der Waals surface area contributed by atoms with Crippen molar-refractivity contribution in [1.82, 2.24) is 34.8 Å². The van der Waals surface area contributed by atoms with Gasteiger partial charge in [-0.15, -0.1) is 0 Å². The molecule has 2 aliphatic rings. The smallest absolute Gasteiger partial charge is 0.409 e. The minimum Gasteiger partial charge on any atom is -0.447 e. The Kier molecular flexibility index (Phi) is 10.4. The fourth-order valence-electron chi connectivity index (χ4n) is 6.63. The third kappa shape index (κ3) is 8.12. The predicted molar refractivity (Wildman–Crippen MR) is 179 cm³/mol. The van der Waals surface area contributed by atoms with Crippen molar-refractivity contribution >= 4 is 18.0 Å². The molecule has 3 N–H and O–H groups in total. The molecule has 55 heavy (non-hydrogen) atoms. The quantitative estimate of drug-likeness (QED) is 0.145. The summed E-state index contributed by atoms with van der Waals surface area (Å²) in [6, 6.07) is 5.65. The molecular formula is C35H35F8N9O3. The highest BCUT2D eigenvalue weighted by Crippen LogP contribution is 2.46. The van der Waals surface area contributed by atoms with E-state index in [9.17, 15) is 40.3 Å². The lowest BCUT2D eigenvalue weighted by atomic mass is 9.75. The third-order valence-corrected chi connectivity index (χ3v) is 9.16. The Hall–Kier alpha value is -5.56. The predicted octanol–water partition coefficient (Wildman–Crippen LogP) is 7.20. The number of aromatic nitrogens is 5. The van der Waals surface area contributed by atoms with E-state index >= 15 is 4.39 Å². The first kappa shape index (κ1) is 39.1. The maximum Gasteiger partial charge on any atom is 0.409 e. The van der Waals surface area contributed by atoms with E-state index in [0.717, 1.165) is 35.6 Å². The second-order valence-electron chi connectivity index (χ2n) is 14.5. The fourth-order valence-corrected chi connectivity index (χ4v) is 6.63. The standard InChI is InChI=1S/C35H35F8N9O3/c1-33(2,3)16-34(22-9-6-18(7-10-22)21-13-46-50(14-21)30(39)40)29(53)51(31(44)49-34)25(15-55-32(54)48-26(19-4-5-19)35(41,42)43)20-8-11-23(36)24(12-20)52-28(27(37)38)45-17-47-52/h6-14,17,19,25-27,30H,4-5,15-16H2,1-3H3,(H2,44,49)(H,48,54)/t25-,26?,34-/m1/s1. The highest BCUT2D eigenvalue weighted by Gasteiger charge is 2.54. The lowest BCUT2D eigenvalue weighted by Crippen LogP contribution is -2.49. The van der Waals surface area contributed by atoms with Crippen LogP contribution in [-0.2, 0) is 15.1 Å². The number of ether oxygens (including phenoxy) is 1. The zero-order valence-electron chi connectivity index (χ0n) is 29.4. The van der Waals surface area contributed by atoms with Gasteiger partial charge in [0.25, 0.3) is 12.3 Å². The van der Waals surface area contributed by atoms with Gasteiger partial charge in [0.05, 0.1) is 12.2 Å². The van der Waals surface area contributed by atoms with E-state index in [4.69, 9.17) is 10.5 Å². The van der Waals surface area contributed by atoms with Crippen molar-refractivity contribution in [2.45, 2.75) is 76.8 Å².